The van der Waals surface area contributed by atoms with Crippen LogP contribution >= 0.6 is 11.8 Å². The number of thioether (sulfide) groups is 1. The van der Waals surface area contributed by atoms with Crippen LogP contribution in [0.1, 0.15) is 6.92 Å². The van der Waals surface area contributed by atoms with Crippen molar-refractivity contribution in [3.05, 3.63) is 0 Å². The van der Waals surface area contributed by atoms with E-state index in [0.717, 1.165) is 6.92 Å². The van der Waals surface area contributed by atoms with Crippen LogP contribution in [0.5, 0.6) is 0 Å². The average molecular weight is 515 g/mol. The standard InChI is InChI=1S/C18H30N2O13S/c1-5(23)19-6(3-34-4-22)17(31)20-8-10(25)9(24)7(2-21)32-18(8)33-16-14(29)12(27)11(26)13(28)15(16)30/h4,6-16,18,21,24-30H,2-3H2,1H3,(H,19,23)(H,20,31)/t6-,7+,8+,9+,10+,11-,12-,13+,14+,15+,16-,18+/m0/s1. The first-order valence-corrected chi connectivity index (χ1v) is 11.3. The van der Waals surface area contributed by atoms with Crippen molar-refractivity contribution in [1.29, 1.82) is 0 Å². The maximum absolute atomic E-state index is 12.7. The molecule has 0 aromatic heterocycles. The van der Waals surface area contributed by atoms with Crippen LogP contribution in [0, 0.1) is 0 Å². The minimum absolute atomic E-state index is 0.178. The number of aliphatic hydroxyl groups is 8. The molecule has 1 aliphatic carbocycles. The zero-order valence-corrected chi connectivity index (χ0v) is 18.8. The summed E-state index contributed by atoms with van der Waals surface area (Å²) in [5, 5.41) is 84.8. The Balaban J connectivity index is 2.28. The lowest BCUT2D eigenvalue weighted by Gasteiger charge is -2.47. The van der Waals surface area contributed by atoms with Gasteiger partial charge in [-0.3, -0.25) is 14.4 Å². The van der Waals surface area contributed by atoms with Gasteiger partial charge in [0.1, 0.15) is 67.0 Å². The molecule has 15 nitrogen and oxygen atoms in total. The number of amides is 2. The lowest BCUT2D eigenvalue weighted by molar-refractivity contribution is -0.319. The number of ether oxygens (including phenoxy) is 2. The van der Waals surface area contributed by atoms with Gasteiger partial charge in [-0.05, 0) is 0 Å². The highest BCUT2D eigenvalue weighted by Gasteiger charge is 2.53. The highest BCUT2D eigenvalue weighted by atomic mass is 32.2. The van der Waals surface area contributed by atoms with Crippen LogP contribution in [0.4, 0.5) is 0 Å². The smallest absolute Gasteiger partial charge is 0.243 e. The van der Waals surface area contributed by atoms with Gasteiger partial charge < -0.3 is 61.0 Å². The summed E-state index contributed by atoms with van der Waals surface area (Å²) in [6, 6.07) is -2.86. The van der Waals surface area contributed by atoms with Crippen molar-refractivity contribution >= 4 is 29.2 Å². The molecule has 0 aromatic rings. The summed E-state index contributed by atoms with van der Waals surface area (Å²) in [6.45, 7) is 0.325. The minimum Gasteiger partial charge on any atom is -0.394 e. The van der Waals surface area contributed by atoms with Gasteiger partial charge in [0.25, 0.3) is 0 Å². The van der Waals surface area contributed by atoms with E-state index >= 15 is 0 Å². The molecular formula is C18H30N2O13S. The second-order valence-electron chi connectivity index (χ2n) is 7.98. The molecule has 34 heavy (non-hydrogen) atoms. The molecule has 0 aromatic carbocycles. The van der Waals surface area contributed by atoms with Gasteiger partial charge >= 0.3 is 0 Å². The average Bonchev–Trinajstić information content (AvgIpc) is 2.80. The fraction of sp³-hybridized carbons (Fsp3) is 0.833. The molecule has 1 aliphatic heterocycles. The summed E-state index contributed by atoms with van der Waals surface area (Å²) in [5.41, 5.74) is 0.444. The number of aliphatic hydroxyl groups excluding tert-OH is 8. The first kappa shape index (κ1) is 28.8. The van der Waals surface area contributed by atoms with Gasteiger partial charge in [-0.2, -0.15) is 0 Å². The van der Waals surface area contributed by atoms with Crippen molar-refractivity contribution in [3.8, 4) is 0 Å². The molecule has 2 fully saturated rings. The predicted molar refractivity (Wildman–Crippen MR) is 111 cm³/mol. The minimum atomic E-state index is -1.94. The van der Waals surface area contributed by atoms with Crippen molar-refractivity contribution in [3.63, 3.8) is 0 Å². The van der Waals surface area contributed by atoms with Gasteiger partial charge in [0.05, 0.1) is 6.61 Å². The summed E-state index contributed by atoms with van der Waals surface area (Å²) in [7, 11) is 0. The SMILES string of the molecule is CC(=O)N[C@@H](CSC=O)C(=O)N[C@H]1[C@@H](O[C@@H]2[C@H](O)[C@H](O)[C@@H](O)[C@H](O)[C@H]2O)O[C@H](CO)[C@@H](O)[C@@H]1O. The number of rotatable bonds is 9. The molecule has 10 N–H and O–H groups in total. The normalized spacial score (nSPS) is 41.4. The van der Waals surface area contributed by atoms with Crippen LogP contribution in [0.3, 0.4) is 0 Å². The summed E-state index contributed by atoms with van der Waals surface area (Å²) >= 11 is 0.675. The third-order valence-electron chi connectivity index (χ3n) is 5.58. The second-order valence-corrected chi connectivity index (χ2v) is 8.84. The van der Waals surface area contributed by atoms with Crippen LogP contribution in [-0.2, 0) is 23.9 Å². The molecule has 196 valence electrons. The molecule has 16 heteroatoms. The van der Waals surface area contributed by atoms with Gasteiger partial charge in [0, 0.05) is 12.7 Å². The molecule has 2 aliphatic rings. The van der Waals surface area contributed by atoms with E-state index < -0.39 is 91.7 Å². The van der Waals surface area contributed by atoms with E-state index in [2.05, 4.69) is 10.6 Å². The van der Waals surface area contributed by atoms with E-state index in [-0.39, 0.29) is 5.75 Å². The zero-order valence-electron chi connectivity index (χ0n) is 17.9. The highest BCUT2D eigenvalue weighted by molar-refractivity contribution is 8.11. The Labute approximate surface area is 197 Å². The zero-order chi connectivity index (χ0) is 25.7. The molecule has 1 saturated carbocycles. The number of carbonyl (C=O) groups excluding carboxylic acids is 3. The fourth-order valence-electron chi connectivity index (χ4n) is 3.69. The Hall–Kier alpha value is -1.44. The molecule has 2 amide bonds. The number of hydrogen-bond acceptors (Lipinski definition) is 14. The van der Waals surface area contributed by atoms with Crippen LogP contribution in [0.2, 0.25) is 0 Å². The van der Waals surface area contributed by atoms with Crippen molar-refractivity contribution in [1.82, 2.24) is 10.6 Å². The summed E-state index contributed by atoms with van der Waals surface area (Å²) in [5.74, 6) is -1.70. The summed E-state index contributed by atoms with van der Waals surface area (Å²) in [4.78, 5) is 34.8. The topological polar surface area (TPSA) is 256 Å². The van der Waals surface area contributed by atoms with Crippen LogP contribution in [-0.4, -0.2) is 144 Å². The Morgan fingerprint density at radius 1 is 0.971 bits per heavy atom. The van der Waals surface area contributed by atoms with Gasteiger partial charge in [0.2, 0.25) is 11.8 Å². The number of hydrogen-bond donors (Lipinski definition) is 10. The third-order valence-corrected chi connectivity index (χ3v) is 6.24. The van der Waals surface area contributed by atoms with E-state index in [1.54, 1.807) is 0 Å². The van der Waals surface area contributed by atoms with E-state index in [4.69, 9.17) is 9.47 Å². The molecule has 2 rings (SSSR count). The molecule has 0 unspecified atom stereocenters. The van der Waals surface area contributed by atoms with Crippen molar-refractivity contribution in [2.45, 2.75) is 80.2 Å². The molecule has 0 spiro atoms. The third kappa shape index (κ3) is 6.41. The van der Waals surface area contributed by atoms with Gasteiger partial charge in [-0.15, -0.1) is 0 Å². The first-order valence-electron chi connectivity index (χ1n) is 10.3. The Morgan fingerprint density at radius 2 is 1.53 bits per heavy atom. The molecular weight excluding hydrogens is 484 g/mol. The van der Waals surface area contributed by atoms with Gasteiger partial charge in [-0.25, -0.2) is 0 Å². The monoisotopic (exact) mass is 514 g/mol. The van der Waals surface area contributed by atoms with Crippen molar-refractivity contribution in [2.24, 2.45) is 0 Å². The largest absolute Gasteiger partial charge is 0.394 e. The van der Waals surface area contributed by atoms with E-state index in [1.165, 1.54) is 0 Å². The van der Waals surface area contributed by atoms with E-state index in [9.17, 15) is 55.2 Å². The Bertz CT molecular complexity index is 701. The lowest BCUT2D eigenvalue weighted by atomic mass is 9.84. The Kier molecular flexibility index (Phi) is 10.6. The number of carbonyl (C=O) groups is 3. The summed E-state index contributed by atoms with van der Waals surface area (Å²) in [6.07, 6.45) is -18.2. The molecule has 1 heterocycles. The maximum atomic E-state index is 12.7. The Morgan fingerprint density at radius 3 is 2.03 bits per heavy atom. The fourth-order valence-corrected chi connectivity index (χ4v) is 4.20. The van der Waals surface area contributed by atoms with Gasteiger partial charge in [-0.1, -0.05) is 11.8 Å². The quantitative estimate of drug-likeness (QED) is 0.128. The molecule has 1 saturated heterocycles. The molecule has 12 atom stereocenters. The second kappa shape index (κ2) is 12.5. The summed E-state index contributed by atoms with van der Waals surface area (Å²) < 4.78 is 10.8. The first-order chi connectivity index (χ1) is 15.9. The molecule has 0 bridgehead atoms. The van der Waals surface area contributed by atoms with Crippen LogP contribution < -0.4 is 10.6 Å². The van der Waals surface area contributed by atoms with Crippen molar-refractivity contribution in [2.75, 3.05) is 12.4 Å². The predicted octanol–water partition coefficient (Wildman–Crippen LogP) is -6.46. The highest BCUT2D eigenvalue weighted by Crippen LogP contribution is 2.29. The van der Waals surface area contributed by atoms with Crippen molar-refractivity contribution < 1.29 is 64.7 Å². The van der Waals surface area contributed by atoms with Crippen LogP contribution in [0.25, 0.3) is 0 Å². The molecule has 0 radical (unpaired) electrons. The van der Waals surface area contributed by atoms with Crippen LogP contribution in [0.15, 0.2) is 0 Å². The lowest BCUT2D eigenvalue weighted by Crippen LogP contribution is -2.69. The van der Waals surface area contributed by atoms with E-state index in [1.807, 2.05) is 0 Å². The van der Waals surface area contributed by atoms with Gasteiger partial charge in [0.15, 0.2) is 11.9 Å². The number of nitrogens with one attached hydrogen (secondary N) is 2. The van der Waals surface area contributed by atoms with E-state index in [0.29, 0.717) is 17.4 Å². The maximum Gasteiger partial charge on any atom is 0.243 e.